The third-order valence-electron chi connectivity index (χ3n) is 2.12. The SMILES string of the molecule is C#CCCC(CSc1cccc(F)c1)NN. The Kier molecular flexibility index (Phi) is 5.94. The second-order valence-electron chi connectivity index (χ2n) is 3.37. The molecule has 1 aromatic carbocycles. The predicted octanol–water partition coefficient (Wildman–Crippen LogP) is 2.16. The summed E-state index contributed by atoms with van der Waals surface area (Å²) in [5, 5.41) is 0. The van der Waals surface area contributed by atoms with Crippen molar-refractivity contribution in [2.45, 2.75) is 23.8 Å². The number of nitrogens with two attached hydrogens (primary N) is 1. The second kappa shape index (κ2) is 7.29. The monoisotopic (exact) mass is 238 g/mol. The molecule has 0 fully saturated rings. The van der Waals surface area contributed by atoms with Crippen LogP contribution >= 0.6 is 11.8 Å². The van der Waals surface area contributed by atoms with Gasteiger partial charge in [-0.25, -0.2) is 4.39 Å². The number of rotatable bonds is 6. The van der Waals surface area contributed by atoms with Gasteiger partial charge in [0.2, 0.25) is 0 Å². The first kappa shape index (κ1) is 13.0. The topological polar surface area (TPSA) is 38.0 Å². The lowest BCUT2D eigenvalue weighted by atomic mass is 10.2. The summed E-state index contributed by atoms with van der Waals surface area (Å²) < 4.78 is 12.9. The third-order valence-corrected chi connectivity index (χ3v) is 3.28. The van der Waals surface area contributed by atoms with Gasteiger partial charge in [-0.1, -0.05) is 6.07 Å². The summed E-state index contributed by atoms with van der Waals surface area (Å²) in [7, 11) is 0. The lowest BCUT2D eigenvalue weighted by Gasteiger charge is -2.13. The van der Waals surface area contributed by atoms with E-state index < -0.39 is 0 Å². The molecule has 0 radical (unpaired) electrons. The molecule has 0 heterocycles. The van der Waals surface area contributed by atoms with E-state index in [1.807, 2.05) is 6.07 Å². The molecule has 1 rings (SSSR count). The van der Waals surface area contributed by atoms with Crippen LogP contribution in [0.3, 0.4) is 0 Å². The maximum Gasteiger partial charge on any atom is 0.124 e. The number of nitrogens with one attached hydrogen (secondary N) is 1. The Morgan fingerprint density at radius 2 is 2.38 bits per heavy atom. The van der Waals surface area contributed by atoms with Crippen LogP contribution in [0.2, 0.25) is 0 Å². The number of hydrazine groups is 1. The highest BCUT2D eigenvalue weighted by Crippen LogP contribution is 2.20. The normalized spacial score (nSPS) is 12.1. The summed E-state index contributed by atoms with van der Waals surface area (Å²) >= 11 is 1.57. The van der Waals surface area contributed by atoms with E-state index in [2.05, 4.69) is 11.3 Å². The molecule has 0 spiro atoms. The molecule has 0 amide bonds. The molecule has 1 unspecified atom stereocenters. The van der Waals surface area contributed by atoms with Gasteiger partial charge in [0, 0.05) is 23.1 Å². The van der Waals surface area contributed by atoms with Crippen molar-refractivity contribution in [1.82, 2.24) is 5.43 Å². The number of halogens is 1. The average molecular weight is 238 g/mol. The van der Waals surface area contributed by atoms with Crippen LogP contribution in [0.25, 0.3) is 0 Å². The van der Waals surface area contributed by atoms with E-state index >= 15 is 0 Å². The van der Waals surface area contributed by atoms with Crippen LogP contribution in [0.4, 0.5) is 4.39 Å². The molecule has 86 valence electrons. The fraction of sp³-hybridized carbons (Fsp3) is 0.333. The Morgan fingerprint density at radius 3 is 3.00 bits per heavy atom. The van der Waals surface area contributed by atoms with E-state index in [0.717, 1.165) is 17.1 Å². The van der Waals surface area contributed by atoms with Crippen LogP contribution in [0.5, 0.6) is 0 Å². The number of benzene rings is 1. The van der Waals surface area contributed by atoms with E-state index in [1.165, 1.54) is 12.1 Å². The lowest BCUT2D eigenvalue weighted by Crippen LogP contribution is -2.36. The van der Waals surface area contributed by atoms with Crippen molar-refractivity contribution in [3.8, 4) is 12.3 Å². The van der Waals surface area contributed by atoms with Crippen molar-refractivity contribution in [2.24, 2.45) is 5.84 Å². The molecule has 0 aliphatic carbocycles. The van der Waals surface area contributed by atoms with Crippen LogP contribution in [-0.4, -0.2) is 11.8 Å². The fourth-order valence-electron chi connectivity index (χ4n) is 1.23. The average Bonchev–Trinajstić information content (AvgIpc) is 2.29. The Bertz CT molecular complexity index is 362. The molecule has 3 N–H and O–H groups in total. The number of hydrogen-bond acceptors (Lipinski definition) is 3. The highest BCUT2D eigenvalue weighted by atomic mass is 32.2. The third kappa shape index (κ3) is 4.67. The van der Waals surface area contributed by atoms with E-state index in [1.54, 1.807) is 17.8 Å². The minimum absolute atomic E-state index is 0.157. The van der Waals surface area contributed by atoms with E-state index in [4.69, 9.17) is 12.3 Å². The molecule has 0 aliphatic rings. The van der Waals surface area contributed by atoms with E-state index in [-0.39, 0.29) is 11.9 Å². The molecule has 0 aromatic heterocycles. The van der Waals surface area contributed by atoms with Crippen molar-refractivity contribution >= 4 is 11.8 Å². The van der Waals surface area contributed by atoms with Crippen molar-refractivity contribution in [1.29, 1.82) is 0 Å². The van der Waals surface area contributed by atoms with Gasteiger partial charge in [-0.05, 0) is 24.6 Å². The van der Waals surface area contributed by atoms with Crippen molar-refractivity contribution < 1.29 is 4.39 Å². The van der Waals surface area contributed by atoms with Crippen molar-refractivity contribution in [3.63, 3.8) is 0 Å². The lowest BCUT2D eigenvalue weighted by molar-refractivity contribution is 0.547. The Hall–Kier alpha value is -1.02. The zero-order valence-electron chi connectivity index (χ0n) is 8.95. The zero-order valence-corrected chi connectivity index (χ0v) is 9.77. The molecule has 16 heavy (non-hydrogen) atoms. The van der Waals surface area contributed by atoms with Crippen LogP contribution in [0.15, 0.2) is 29.2 Å². The van der Waals surface area contributed by atoms with Gasteiger partial charge >= 0.3 is 0 Å². The minimum Gasteiger partial charge on any atom is -0.271 e. The van der Waals surface area contributed by atoms with Gasteiger partial charge in [0.1, 0.15) is 5.82 Å². The Labute approximate surface area is 99.8 Å². The first-order valence-corrected chi connectivity index (χ1v) is 6.02. The molecule has 1 atom stereocenters. The molecule has 0 aliphatic heterocycles. The molecule has 0 saturated heterocycles. The van der Waals surface area contributed by atoms with Gasteiger partial charge in [-0.15, -0.1) is 24.1 Å². The fourth-order valence-corrected chi connectivity index (χ4v) is 2.25. The molecule has 2 nitrogen and oxygen atoms in total. The highest BCUT2D eigenvalue weighted by molar-refractivity contribution is 7.99. The van der Waals surface area contributed by atoms with Gasteiger partial charge in [0.15, 0.2) is 0 Å². The summed E-state index contributed by atoms with van der Waals surface area (Å²) in [6, 6.07) is 6.68. The van der Waals surface area contributed by atoms with Crippen LogP contribution in [-0.2, 0) is 0 Å². The molecule has 0 saturated carbocycles. The molecular formula is C12H15FN2S. The van der Waals surface area contributed by atoms with Crippen molar-refractivity contribution in [3.05, 3.63) is 30.1 Å². The summed E-state index contributed by atoms with van der Waals surface area (Å²) in [6.07, 6.45) is 6.71. The maximum absolute atomic E-state index is 12.9. The Balaban J connectivity index is 2.40. The molecular weight excluding hydrogens is 223 g/mol. The molecule has 4 heteroatoms. The van der Waals surface area contributed by atoms with E-state index in [0.29, 0.717) is 6.42 Å². The standard InChI is InChI=1S/C12H15FN2S/c1-2-3-6-11(15-14)9-16-12-7-4-5-10(13)8-12/h1,4-5,7-8,11,15H,3,6,9,14H2. The number of thioether (sulfide) groups is 1. The summed E-state index contributed by atoms with van der Waals surface area (Å²) in [5.41, 5.74) is 2.71. The minimum atomic E-state index is -0.217. The summed E-state index contributed by atoms with van der Waals surface area (Å²) in [5.74, 6) is 8.54. The van der Waals surface area contributed by atoms with Crippen LogP contribution in [0.1, 0.15) is 12.8 Å². The highest BCUT2D eigenvalue weighted by Gasteiger charge is 2.06. The van der Waals surface area contributed by atoms with Gasteiger partial charge in [-0.3, -0.25) is 11.3 Å². The predicted molar refractivity (Wildman–Crippen MR) is 66.3 cm³/mol. The first-order chi connectivity index (χ1) is 7.76. The molecule has 0 bridgehead atoms. The quantitative estimate of drug-likeness (QED) is 0.345. The maximum atomic E-state index is 12.9. The Morgan fingerprint density at radius 1 is 1.56 bits per heavy atom. The molecule has 1 aromatic rings. The van der Waals surface area contributed by atoms with Gasteiger partial charge < -0.3 is 0 Å². The number of terminal acetylenes is 1. The summed E-state index contributed by atoms with van der Waals surface area (Å²) in [6.45, 7) is 0. The summed E-state index contributed by atoms with van der Waals surface area (Å²) in [4.78, 5) is 0.904. The second-order valence-corrected chi connectivity index (χ2v) is 4.47. The van der Waals surface area contributed by atoms with Gasteiger partial charge in [0.25, 0.3) is 0 Å². The first-order valence-electron chi connectivity index (χ1n) is 5.04. The smallest absolute Gasteiger partial charge is 0.124 e. The van der Waals surface area contributed by atoms with Crippen molar-refractivity contribution in [2.75, 3.05) is 5.75 Å². The van der Waals surface area contributed by atoms with E-state index in [9.17, 15) is 4.39 Å². The largest absolute Gasteiger partial charge is 0.271 e. The zero-order chi connectivity index (χ0) is 11.8. The number of hydrogen-bond donors (Lipinski definition) is 2. The van der Waals surface area contributed by atoms with Crippen LogP contribution < -0.4 is 11.3 Å². The van der Waals surface area contributed by atoms with Gasteiger partial charge in [-0.2, -0.15) is 0 Å². The van der Waals surface area contributed by atoms with Crippen LogP contribution in [0, 0.1) is 18.2 Å². The van der Waals surface area contributed by atoms with Gasteiger partial charge in [0.05, 0.1) is 0 Å².